The quantitative estimate of drug-likeness (QED) is 0.716. The van der Waals surface area contributed by atoms with Gasteiger partial charge in [-0.2, -0.15) is 0 Å². The van der Waals surface area contributed by atoms with E-state index in [4.69, 9.17) is 10.5 Å². The predicted molar refractivity (Wildman–Crippen MR) is 77.0 cm³/mol. The number of amides is 1. The molecule has 4 nitrogen and oxygen atoms in total. The highest BCUT2D eigenvalue weighted by Gasteiger charge is 2.07. The molecule has 106 valence electrons. The summed E-state index contributed by atoms with van der Waals surface area (Å²) >= 11 is 0. The number of benzene rings is 1. The van der Waals surface area contributed by atoms with Crippen molar-refractivity contribution in [2.24, 2.45) is 11.7 Å². The van der Waals surface area contributed by atoms with E-state index in [0.717, 1.165) is 18.6 Å². The Morgan fingerprint density at radius 1 is 1.37 bits per heavy atom. The molecular weight excluding hydrogens is 240 g/mol. The van der Waals surface area contributed by atoms with Crippen LogP contribution in [0, 0.1) is 5.92 Å². The molecule has 0 aliphatic heterocycles. The number of para-hydroxylation sites is 1. The van der Waals surface area contributed by atoms with Gasteiger partial charge in [0.25, 0.3) is 0 Å². The van der Waals surface area contributed by atoms with E-state index >= 15 is 0 Å². The summed E-state index contributed by atoms with van der Waals surface area (Å²) in [4.78, 5) is 11.6. The van der Waals surface area contributed by atoms with Gasteiger partial charge in [0, 0.05) is 6.54 Å². The number of carbonyl (C=O) groups excluding carboxylic acids is 1. The molecule has 4 heteroatoms. The van der Waals surface area contributed by atoms with Gasteiger partial charge in [-0.05, 0) is 31.0 Å². The van der Waals surface area contributed by atoms with Gasteiger partial charge >= 0.3 is 0 Å². The van der Waals surface area contributed by atoms with Crippen LogP contribution in [0.4, 0.5) is 0 Å². The van der Waals surface area contributed by atoms with Crippen LogP contribution in [0.1, 0.15) is 26.2 Å². The lowest BCUT2D eigenvalue weighted by atomic mass is 10.0. The first-order valence-corrected chi connectivity index (χ1v) is 6.90. The Kier molecular flexibility index (Phi) is 7.66. The van der Waals surface area contributed by atoms with Crippen molar-refractivity contribution in [1.29, 1.82) is 0 Å². The minimum absolute atomic E-state index is 0.0337. The van der Waals surface area contributed by atoms with Gasteiger partial charge in [0.05, 0.1) is 13.0 Å². The number of hydrogen-bond acceptors (Lipinski definition) is 3. The maximum atomic E-state index is 11.6. The van der Waals surface area contributed by atoms with E-state index in [-0.39, 0.29) is 5.91 Å². The van der Waals surface area contributed by atoms with Gasteiger partial charge < -0.3 is 15.8 Å². The smallest absolute Gasteiger partial charge is 0.223 e. The largest absolute Gasteiger partial charge is 0.493 e. The lowest BCUT2D eigenvalue weighted by molar-refractivity contribution is -0.121. The van der Waals surface area contributed by atoms with Gasteiger partial charge in [0.2, 0.25) is 5.91 Å². The van der Waals surface area contributed by atoms with E-state index in [1.165, 1.54) is 0 Å². The summed E-state index contributed by atoms with van der Waals surface area (Å²) in [6, 6.07) is 9.52. The molecule has 1 unspecified atom stereocenters. The summed E-state index contributed by atoms with van der Waals surface area (Å²) in [5.74, 6) is 1.31. The SMILES string of the molecule is CCC(CCN)CNC(=O)CCOc1ccccc1. The fourth-order valence-electron chi connectivity index (χ4n) is 1.81. The topological polar surface area (TPSA) is 64.3 Å². The summed E-state index contributed by atoms with van der Waals surface area (Å²) in [6.45, 7) is 3.90. The molecule has 0 saturated carbocycles. The van der Waals surface area contributed by atoms with Crippen molar-refractivity contribution < 1.29 is 9.53 Å². The number of ether oxygens (including phenoxy) is 1. The molecule has 0 bridgehead atoms. The van der Waals surface area contributed by atoms with E-state index < -0.39 is 0 Å². The fraction of sp³-hybridized carbons (Fsp3) is 0.533. The molecule has 1 aromatic rings. The summed E-state index contributed by atoms with van der Waals surface area (Å²) in [7, 11) is 0. The minimum atomic E-state index is 0.0337. The maximum absolute atomic E-state index is 11.6. The average molecular weight is 264 g/mol. The molecule has 0 aromatic heterocycles. The highest BCUT2D eigenvalue weighted by molar-refractivity contribution is 5.75. The van der Waals surface area contributed by atoms with Crippen LogP contribution >= 0.6 is 0 Å². The zero-order valence-electron chi connectivity index (χ0n) is 11.6. The zero-order chi connectivity index (χ0) is 13.9. The number of nitrogens with one attached hydrogen (secondary N) is 1. The van der Waals surface area contributed by atoms with Gasteiger partial charge in [0.15, 0.2) is 0 Å². The monoisotopic (exact) mass is 264 g/mol. The molecule has 0 fully saturated rings. The number of rotatable bonds is 9. The van der Waals surface area contributed by atoms with E-state index in [9.17, 15) is 4.79 Å². The van der Waals surface area contributed by atoms with Crippen LogP contribution in [0.5, 0.6) is 5.75 Å². The second-order valence-corrected chi connectivity index (χ2v) is 4.57. The Morgan fingerprint density at radius 2 is 2.11 bits per heavy atom. The Morgan fingerprint density at radius 3 is 2.74 bits per heavy atom. The van der Waals surface area contributed by atoms with Gasteiger partial charge in [-0.1, -0.05) is 31.5 Å². The van der Waals surface area contributed by atoms with Crippen molar-refractivity contribution in [3.63, 3.8) is 0 Å². The minimum Gasteiger partial charge on any atom is -0.493 e. The standard InChI is InChI=1S/C15H24N2O2/c1-2-13(8-10-16)12-17-15(18)9-11-19-14-6-4-3-5-7-14/h3-7,13H,2,8-12,16H2,1H3,(H,17,18). The fourth-order valence-corrected chi connectivity index (χ4v) is 1.81. The summed E-state index contributed by atoms with van der Waals surface area (Å²) < 4.78 is 5.48. The zero-order valence-corrected chi connectivity index (χ0v) is 11.6. The molecule has 1 amide bonds. The normalized spacial score (nSPS) is 11.9. The molecule has 0 spiro atoms. The lowest BCUT2D eigenvalue weighted by Gasteiger charge is -2.14. The molecule has 1 rings (SSSR count). The van der Waals surface area contributed by atoms with Crippen LogP contribution in [0.25, 0.3) is 0 Å². The third-order valence-corrected chi connectivity index (χ3v) is 3.08. The van der Waals surface area contributed by atoms with Crippen LogP contribution in [-0.4, -0.2) is 25.6 Å². The number of nitrogens with two attached hydrogens (primary N) is 1. The Hall–Kier alpha value is -1.55. The van der Waals surface area contributed by atoms with Crippen LogP contribution in [0.2, 0.25) is 0 Å². The van der Waals surface area contributed by atoms with Crippen molar-refractivity contribution in [1.82, 2.24) is 5.32 Å². The van der Waals surface area contributed by atoms with Crippen molar-refractivity contribution in [3.8, 4) is 5.75 Å². The second-order valence-electron chi connectivity index (χ2n) is 4.57. The molecule has 1 aromatic carbocycles. The molecule has 0 saturated heterocycles. The lowest BCUT2D eigenvalue weighted by Crippen LogP contribution is -2.30. The molecule has 3 N–H and O–H groups in total. The van der Waals surface area contributed by atoms with Crippen LogP contribution in [0.3, 0.4) is 0 Å². The van der Waals surface area contributed by atoms with E-state index in [2.05, 4.69) is 12.2 Å². The van der Waals surface area contributed by atoms with Gasteiger partial charge in [0.1, 0.15) is 5.75 Å². The van der Waals surface area contributed by atoms with Crippen molar-refractivity contribution in [2.75, 3.05) is 19.7 Å². The second kappa shape index (κ2) is 9.39. The van der Waals surface area contributed by atoms with E-state index in [0.29, 0.717) is 32.0 Å². The van der Waals surface area contributed by atoms with Crippen LogP contribution in [-0.2, 0) is 4.79 Å². The van der Waals surface area contributed by atoms with Crippen LogP contribution in [0.15, 0.2) is 30.3 Å². The molecule has 0 heterocycles. The Balaban J connectivity index is 2.14. The summed E-state index contributed by atoms with van der Waals surface area (Å²) in [6.07, 6.45) is 2.38. The predicted octanol–water partition coefficient (Wildman–Crippen LogP) is 1.95. The Labute approximate surface area is 115 Å². The highest BCUT2D eigenvalue weighted by Crippen LogP contribution is 2.08. The van der Waals surface area contributed by atoms with Gasteiger partial charge in [-0.25, -0.2) is 0 Å². The van der Waals surface area contributed by atoms with Crippen molar-refractivity contribution in [3.05, 3.63) is 30.3 Å². The summed E-state index contributed by atoms with van der Waals surface area (Å²) in [5, 5.41) is 2.93. The first-order chi connectivity index (χ1) is 9.26. The molecule has 0 radical (unpaired) electrons. The molecule has 1 atom stereocenters. The van der Waals surface area contributed by atoms with Crippen molar-refractivity contribution >= 4 is 5.91 Å². The number of carbonyl (C=O) groups is 1. The molecule has 0 aliphatic rings. The molecule has 0 aliphatic carbocycles. The third kappa shape index (κ3) is 6.82. The maximum Gasteiger partial charge on any atom is 0.223 e. The van der Waals surface area contributed by atoms with Gasteiger partial charge in [-0.3, -0.25) is 4.79 Å². The van der Waals surface area contributed by atoms with E-state index in [1.54, 1.807) is 0 Å². The molecular formula is C15H24N2O2. The highest BCUT2D eigenvalue weighted by atomic mass is 16.5. The van der Waals surface area contributed by atoms with Crippen LogP contribution < -0.4 is 15.8 Å². The molecule has 19 heavy (non-hydrogen) atoms. The van der Waals surface area contributed by atoms with Crippen molar-refractivity contribution in [2.45, 2.75) is 26.2 Å². The third-order valence-electron chi connectivity index (χ3n) is 3.08. The number of hydrogen-bond donors (Lipinski definition) is 2. The van der Waals surface area contributed by atoms with E-state index in [1.807, 2.05) is 30.3 Å². The first kappa shape index (κ1) is 15.5. The van der Waals surface area contributed by atoms with Gasteiger partial charge in [-0.15, -0.1) is 0 Å². The summed E-state index contributed by atoms with van der Waals surface area (Å²) in [5.41, 5.74) is 5.52. The average Bonchev–Trinajstić information content (AvgIpc) is 2.44. The first-order valence-electron chi connectivity index (χ1n) is 6.90. The Bertz CT molecular complexity index is 354.